The number of nitrogens with two attached hydrogens (primary N) is 1. The predicted molar refractivity (Wildman–Crippen MR) is 176 cm³/mol. The predicted octanol–water partition coefficient (Wildman–Crippen LogP) is 6.89. The molecule has 5 rings (SSSR count). The number of carbonyl (C=O) groups excluding carboxylic acids is 1. The second-order valence-electron chi connectivity index (χ2n) is 11.5. The highest BCUT2D eigenvalue weighted by Crippen LogP contribution is 2.54. The first-order valence-electron chi connectivity index (χ1n) is 14.3. The number of amidine groups is 1. The van der Waals surface area contributed by atoms with E-state index in [0.717, 1.165) is 17.4 Å². The molecule has 1 saturated heterocycles. The standard InChI is InChI=1S/C32H35Cl3N4O4S/c1-5-43-27-19-26(35)28(44(4,41)42)18-25(27)29-37-31(2,20-6-10-22(33)11-7-20)32(3,21-8-12-23(34)13-9-21)39(29)30(40)38-16-14-24(36)15-17-38/h6-13,18-19,24H,5,14-17,36H2,1-4H3. The fourth-order valence-corrected chi connectivity index (χ4v) is 7.64. The minimum atomic E-state index is -3.75. The van der Waals surface area contributed by atoms with Crippen molar-refractivity contribution in [2.75, 3.05) is 26.0 Å². The van der Waals surface area contributed by atoms with Crippen LogP contribution in [0, 0.1) is 0 Å². The van der Waals surface area contributed by atoms with Gasteiger partial charge >= 0.3 is 6.03 Å². The first kappa shape index (κ1) is 32.6. The molecule has 0 spiro atoms. The lowest BCUT2D eigenvalue weighted by molar-refractivity contribution is 0.101. The number of benzene rings is 3. The van der Waals surface area contributed by atoms with Crippen LogP contribution in [0.25, 0.3) is 0 Å². The van der Waals surface area contributed by atoms with Crippen molar-refractivity contribution < 1.29 is 17.9 Å². The Hall–Kier alpha value is -2.82. The number of hydrogen-bond acceptors (Lipinski definition) is 6. The van der Waals surface area contributed by atoms with Crippen molar-refractivity contribution in [3.05, 3.63) is 92.4 Å². The average molecular weight is 678 g/mol. The molecule has 2 unspecified atom stereocenters. The molecule has 44 heavy (non-hydrogen) atoms. The molecule has 8 nitrogen and oxygen atoms in total. The summed E-state index contributed by atoms with van der Waals surface area (Å²) in [5.74, 6) is 0.561. The second-order valence-corrected chi connectivity index (χ2v) is 14.8. The summed E-state index contributed by atoms with van der Waals surface area (Å²) in [5.41, 5.74) is 5.88. The molecular weight excluding hydrogens is 643 g/mol. The van der Waals surface area contributed by atoms with Gasteiger partial charge in [-0.2, -0.15) is 0 Å². The number of urea groups is 1. The zero-order valence-electron chi connectivity index (χ0n) is 25.0. The number of aliphatic imine (C=N–C) groups is 1. The maximum atomic E-state index is 14.8. The number of likely N-dealkylation sites (tertiary alicyclic amines) is 1. The summed E-state index contributed by atoms with van der Waals surface area (Å²) in [5, 5.41) is 1.11. The van der Waals surface area contributed by atoms with Crippen molar-refractivity contribution in [3.8, 4) is 5.75 Å². The average Bonchev–Trinajstić information content (AvgIpc) is 3.21. The van der Waals surface area contributed by atoms with Crippen LogP contribution in [0.1, 0.15) is 50.3 Å². The van der Waals surface area contributed by atoms with Crippen molar-refractivity contribution in [2.45, 2.75) is 55.6 Å². The molecule has 0 aliphatic carbocycles. The fraction of sp³-hybridized carbons (Fsp3) is 0.375. The first-order chi connectivity index (χ1) is 20.7. The smallest absolute Gasteiger partial charge is 0.326 e. The van der Waals surface area contributed by atoms with E-state index in [2.05, 4.69) is 0 Å². The SMILES string of the molecule is CCOc1cc(Cl)c(S(C)(=O)=O)cc1C1=NC(C)(c2ccc(Cl)cc2)C(C)(c2ccc(Cl)cc2)N1C(=O)N1CCC(N)CC1. The van der Waals surface area contributed by atoms with Crippen molar-refractivity contribution in [2.24, 2.45) is 10.7 Å². The molecule has 2 atom stereocenters. The zero-order chi connectivity index (χ0) is 32.0. The van der Waals surface area contributed by atoms with Gasteiger partial charge in [0, 0.05) is 41.5 Å². The molecule has 3 aromatic rings. The van der Waals surface area contributed by atoms with Gasteiger partial charge < -0.3 is 15.4 Å². The Morgan fingerprint density at radius 1 is 0.977 bits per heavy atom. The highest BCUT2D eigenvalue weighted by Gasteiger charge is 2.60. The van der Waals surface area contributed by atoms with Crippen LogP contribution in [0.15, 0.2) is 70.6 Å². The molecule has 1 fully saturated rings. The fourth-order valence-electron chi connectivity index (χ4n) is 6.07. The van der Waals surface area contributed by atoms with Crippen LogP contribution < -0.4 is 10.5 Å². The summed E-state index contributed by atoms with van der Waals surface area (Å²) in [7, 11) is -3.75. The molecule has 0 saturated carbocycles. The second kappa shape index (κ2) is 12.2. The van der Waals surface area contributed by atoms with Gasteiger partial charge in [-0.3, -0.25) is 9.89 Å². The summed E-state index contributed by atoms with van der Waals surface area (Å²) in [6.07, 6.45) is 2.40. The Morgan fingerprint density at radius 3 is 2.05 bits per heavy atom. The highest BCUT2D eigenvalue weighted by molar-refractivity contribution is 7.90. The van der Waals surface area contributed by atoms with Gasteiger partial charge in [0.05, 0.1) is 22.1 Å². The van der Waals surface area contributed by atoms with Crippen LogP contribution in [-0.4, -0.2) is 62.1 Å². The van der Waals surface area contributed by atoms with E-state index in [4.69, 9.17) is 50.3 Å². The molecule has 2 N–H and O–H groups in total. The molecule has 12 heteroatoms. The van der Waals surface area contributed by atoms with Gasteiger partial charge in [0.25, 0.3) is 0 Å². The summed E-state index contributed by atoms with van der Waals surface area (Å²) >= 11 is 19.1. The summed E-state index contributed by atoms with van der Waals surface area (Å²) in [6.45, 7) is 6.93. The van der Waals surface area contributed by atoms with Gasteiger partial charge in [-0.05, 0) is 75.1 Å². The topological polar surface area (TPSA) is 105 Å². The van der Waals surface area contributed by atoms with E-state index in [1.54, 1.807) is 34.1 Å². The Kier molecular flexibility index (Phi) is 9.01. The molecule has 0 radical (unpaired) electrons. The molecule has 0 bridgehead atoms. The number of piperidine rings is 1. The number of carbonyl (C=O) groups is 1. The van der Waals surface area contributed by atoms with Gasteiger partial charge in [0.15, 0.2) is 9.84 Å². The number of sulfone groups is 1. The third-order valence-corrected chi connectivity index (χ3v) is 10.8. The number of ether oxygens (including phenoxy) is 1. The van der Waals surface area contributed by atoms with Gasteiger partial charge in [0.2, 0.25) is 0 Å². The first-order valence-corrected chi connectivity index (χ1v) is 17.4. The van der Waals surface area contributed by atoms with Crippen molar-refractivity contribution >= 4 is 56.5 Å². The van der Waals surface area contributed by atoms with E-state index in [0.29, 0.717) is 47.3 Å². The largest absolute Gasteiger partial charge is 0.493 e. The normalized spacial score (nSPS) is 22.7. The zero-order valence-corrected chi connectivity index (χ0v) is 28.1. The van der Waals surface area contributed by atoms with E-state index >= 15 is 0 Å². The summed E-state index contributed by atoms with van der Waals surface area (Å²) in [4.78, 5) is 23.5. The van der Waals surface area contributed by atoms with Gasteiger partial charge in [-0.25, -0.2) is 13.2 Å². The Morgan fingerprint density at radius 2 is 1.52 bits per heavy atom. The third-order valence-electron chi connectivity index (χ3n) is 8.72. The number of nitrogens with zero attached hydrogens (tertiary/aromatic N) is 3. The molecule has 2 amide bonds. The third kappa shape index (κ3) is 5.69. The van der Waals surface area contributed by atoms with Crippen LogP contribution in [0.3, 0.4) is 0 Å². The highest BCUT2D eigenvalue weighted by atomic mass is 35.5. The molecule has 2 heterocycles. The van der Waals surface area contributed by atoms with Crippen LogP contribution >= 0.6 is 34.8 Å². The molecule has 2 aliphatic rings. The Labute approximate surface area is 273 Å². The number of hydrogen-bond donors (Lipinski definition) is 1. The van der Waals surface area contributed by atoms with Crippen molar-refractivity contribution in [1.29, 1.82) is 0 Å². The van der Waals surface area contributed by atoms with Gasteiger partial charge in [-0.15, -0.1) is 0 Å². The Bertz CT molecular complexity index is 1710. The number of amides is 2. The lowest BCUT2D eigenvalue weighted by Gasteiger charge is -2.47. The van der Waals surface area contributed by atoms with Gasteiger partial charge in [-0.1, -0.05) is 59.1 Å². The molecule has 2 aliphatic heterocycles. The molecule has 3 aromatic carbocycles. The molecule has 234 valence electrons. The summed E-state index contributed by atoms with van der Waals surface area (Å²) < 4.78 is 31.7. The maximum absolute atomic E-state index is 14.8. The molecule has 0 aromatic heterocycles. The Balaban J connectivity index is 1.85. The van der Waals surface area contributed by atoms with Crippen molar-refractivity contribution in [3.63, 3.8) is 0 Å². The van der Waals surface area contributed by atoms with Crippen LogP contribution in [0.4, 0.5) is 4.79 Å². The van der Waals surface area contributed by atoms with Crippen LogP contribution in [0.2, 0.25) is 15.1 Å². The monoisotopic (exact) mass is 676 g/mol. The number of rotatable bonds is 6. The summed E-state index contributed by atoms with van der Waals surface area (Å²) in [6, 6.07) is 17.3. The van der Waals surface area contributed by atoms with E-state index in [-0.39, 0.29) is 34.4 Å². The van der Waals surface area contributed by atoms with E-state index in [1.807, 2.05) is 45.0 Å². The van der Waals surface area contributed by atoms with E-state index in [9.17, 15) is 13.2 Å². The minimum absolute atomic E-state index is 0.00545. The molecular formula is C32H35Cl3N4O4S. The van der Waals surface area contributed by atoms with E-state index in [1.165, 1.54) is 12.1 Å². The number of halogens is 3. The van der Waals surface area contributed by atoms with Crippen LogP contribution in [0.5, 0.6) is 5.75 Å². The minimum Gasteiger partial charge on any atom is -0.493 e. The van der Waals surface area contributed by atoms with Crippen molar-refractivity contribution in [1.82, 2.24) is 9.80 Å². The van der Waals surface area contributed by atoms with Gasteiger partial charge in [0.1, 0.15) is 22.7 Å². The lowest BCUT2D eigenvalue weighted by atomic mass is 9.71. The quantitative estimate of drug-likeness (QED) is 0.306. The van der Waals surface area contributed by atoms with E-state index < -0.39 is 20.9 Å². The lowest BCUT2D eigenvalue weighted by Crippen LogP contribution is -2.59. The maximum Gasteiger partial charge on any atom is 0.326 e. The van der Waals surface area contributed by atoms with Crippen LogP contribution in [-0.2, 0) is 20.9 Å².